The van der Waals surface area contributed by atoms with Gasteiger partial charge in [-0.2, -0.15) is 0 Å². The zero-order valence-corrected chi connectivity index (χ0v) is 11.6. The number of hydrogen-bond acceptors (Lipinski definition) is 2. The molecule has 0 saturated carbocycles. The second-order valence-corrected chi connectivity index (χ2v) is 4.74. The molecule has 0 aliphatic heterocycles. The second-order valence-electron chi connectivity index (χ2n) is 4.30. The number of hydrogen-bond donors (Lipinski definition) is 1. The summed E-state index contributed by atoms with van der Waals surface area (Å²) in [5.74, 6) is -0.526. The van der Waals surface area contributed by atoms with Crippen molar-refractivity contribution in [1.29, 1.82) is 0 Å². The molecule has 0 bridgehead atoms. The molecule has 0 heterocycles. The van der Waals surface area contributed by atoms with Crippen LogP contribution in [0.1, 0.15) is 17.3 Å². The van der Waals surface area contributed by atoms with Crippen molar-refractivity contribution in [2.24, 2.45) is 0 Å². The van der Waals surface area contributed by atoms with Crippen LogP contribution in [0, 0.1) is 5.82 Å². The first-order valence-electron chi connectivity index (χ1n) is 6.06. The lowest BCUT2D eigenvalue weighted by Gasteiger charge is -2.07. The third-order valence-corrected chi connectivity index (χ3v) is 2.93. The van der Waals surface area contributed by atoms with E-state index in [-0.39, 0.29) is 11.6 Å². The summed E-state index contributed by atoms with van der Waals surface area (Å²) in [6, 6.07) is 12.9. The first-order chi connectivity index (χ1) is 9.56. The topological polar surface area (TPSA) is 29.1 Å². The Labute approximate surface area is 121 Å². The highest BCUT2D eigenvalue weighted by molar-refractivity contribution is 6.30. The van der Waals surface area contributed by atoms with Crippen LogP contribution < -0.4 is 5.32 Å². The van der Waals surface area contributed by atoms with Gasteiger partial charge >= 0.3 is 0 Å². The van der Waals surface area contributed by atoms with Gasteiger partial charge in [0.2, 0.25) is 0 Å². The molecule has 0 aromatic heterocycles. The number of nitrogens with one attached hydrogen (secondary N) is 1. The molecule has 0 spiro atoms. The molecular weight excluding hydrogens is 277 g/mol. The van der Waals surface area contributed by atoms with Crippen LogP contribution in [0.2, 0.25) is 5.02 Å². The monoisotopic (exact) mass is 289 g/mol. The maximum Gasteiger partial charge on any atom is 0.187 e. The smallest absolute Gasteiger partial charge is 0.187 e. The Morgan fingerprint density at radius 3 is 2.45 bits per heavy atom. The van der Waals surface area contributed by atoms with Crippen LogP contribution in [0.4, 0.5) is 10.1 Å². The maximum absolute atomic E-state index is 13.5. The van der Waals surface area contributed by atoms with Gasteiger partial charge < -0.3 is 5.32 Å². The number of allylic oxidation sites excluding steroid dienone is 2. The molecule has 0 unspecified atom stereocenters. The Balaban J connectivity index is 2.12. The lowest BCUT2D eigenvalue weighted by molar-refractivity contribution is 0.104. The van der Waals surface area contributed by atoms with E-state index in [1.807, 2.05) is 0 Å². The van der Waals surface area contributed by atoms with Gasteiger partial charge in [-0.25, -0.2) is 4.39 Å². The molecule has 0 aliphatic carbocycles. The first kappa shape index (κ1) is 14.3. The van der Waals surface area contributed by atoms with Crippen LogP contribution in [0.5, 0.6) is 0 Å². The molecule has 2 rings (SSSR count). The maximum atomic E-state index is 13.5. The van der Waals surface area contributed by atoms with Gasteiger partial charge in [-0.05, 0) is 43.3 Å². The van der Waals surface area contributed by atoms with Crippen molar-refractivity contribution >= 4 is 23.1 Å². The Morgan fingerprint density at radius 1 is 1.15 bits per heavy atom. The summed E-state index contributed by atoms with van der Waals surface area (Å²) >= 11 is 5.77. The molecule has 1 N–H and O–H groups in total. The molecule has 20 heavy (non-hydrogen) atoms. The van der Waals surface area contributed by atoms with E-state index in [1.165, 1.54) is 12.1 Å². The minimum Gasteiger partial charge on any atom is -0.357 e. The van der Waals surface area contributed by atoms with Gasteiger partial charge in [-0.1, -0.05) is 23.7 Å². The van der Waals surface area contributed by atoms with Crippen LogP contribution in [-0.2, 0) is 0 Å². The molecule has 0 fully saturated rings. The van der Waals surface area contributed by atoms with Gasteiger partial charge in [0.25, 0.3) is 0 Å². The Morgan fingerprint density at radius 2 is 1.80 bits per heavy atom. The van der Waals surface area contributed by atoms with E-state index in [0.717, 1.165) is 0 Å². The van der Waals surface area contributed by atoms with E-state index in [1.54, 1.807) is 49.4 Å². The van der Waals surface area contributed by atoms with Crippen molar-refractivity contribution in [3.8, 4) is 0 Å². The van der Waals surface area contributed by atoms with Gasteiger partial charge in [-0.3, -0.25) is 4.79 Å². The number of para-hydroxylation sites is 1. The lowest BCUT2D eigenvalue weighted by atomic mass is 10.1. The average molecular weight is 290 g/mol. The van der Waals surface area contributed by atoms with Crippen LogP contribution in [0.25, 0.3) is 0 Å². The standard InChI is InChI=1S/C16H13ClFNO/c1-11(19-15-5-3-2-4-14(15)18)10-16(20)12-6-8-13(17)9-7-12/h2-10,19H,1H3. The summed E-state index contributed by atoms with van der Waals surface area (Å²) in [6.45, 7) is 1.71. The second kappa shape index (κ2) is 6.35. The minimum absolute atomic E-state index is 0.164. The predicted molar refractivity (Wildman–Crippen MR) is 79.6 cm³/mol. The van der Waals surface area contributed by atoms with Crippen molar-refractivity contribution in [3.63, 3.8) is 0 Å². The fraction of sp³-hybridized carbons (Fsp3) is 0.0625. The lowest BCUT2D eigenvalue weighted by Crippen LogP contribution is -2.02. The molecule has 2 aromatic carbocycles. The van der Waals surface area contributed by atoms with E-state index >= 15 is 0 Å². The van der Waals surface area contributed by atoms with Gasteiger partial charge in [0.05, 0.1) is 5.69 Å². The van der Waals surface area contributed by atoms with Crippen molar-refractivity contribution in [1.82, 2.24) is 0 Å². The van der Waals surface area contributed by atoms with Crippen molar-refractivity contribution in [2.75, 3.05) is 5.32 Å². The van der Waals surface area contributed by atoms with E-state index in [4.69, 9.17) is 11.6 Å². The molecule has 0 atom stereocenters. The zero-order valence-electron chi connectivity index (χ0n) is 10.9. The van der Waals surface area contributed by atoms with E-state index in [2.05, 4.69) is 5.32 Å². The molecule has 102 valence electrons. The number of anilines is 1. The number of carbonyl (C=O) groups excluding carboxylic acids is 1. The van der Waals surface area contributed by atoms with Crippen LogP contribution in [-0.4, -0.2) is 5.78 Å². The fourth-order valence-electron chi connectivity index (χ4n) is 1.71. The van der Waals surface area contributed by atoms with Crippen LogP contribution >= 0.6 is 11.6 Å². The first-order valence-corrected chi connectivity index (χ1v) is 6.44. The Kier molecular flexibility index (Phi) is 4.53. The SMILES string of the molecule is CC(=CC(=O)c1ccc(Cl)cc1)Nc1ccccc1F. The highest BCUT2D eigenvalue weighted by Gasteiger charge is 2.05. The van der Waals surface area contributed by atoms with E-state index < -0.39 is 0 Å². The summed E-state index contributed by atoms with van der Waals surface area (Å²) in [6.07, 6.45) is 1.43. The van der Waals surface area contributed by atoms with Crippen LogP contribution in [0.15, 0.2) is 60.3 Å². The molecule has 0 saturated heterocycles. The number of ketones is 1. The van der Waals surface area contributed by atoms with Crippen molar-refractivity contribution in [2.45, 2.75) is 6.92 Å². The highest BCUT2D eigenvalue weighted by atomic mass is 35.5. The van der Waals surface area contributed by atoms with Gasteiger partial charge in [0.1, 0.15) is 5.82 Å². The summed E-state index contributed by atoms with van der Waals surface area (Å²) in [5, 5.41) is 3.44. The van der Waals surface area contributed by atoms with Gasteiger partial charge in [-0.15, -0.1) is 0 Å². The van der Waals surface area contributed by atoms with E-state index in [0.29, 0.717) is 22.0 Å². The largest absolute Gasteiger partial charge is 0.357 e. The summed E-state index contributed by atoms with van der Waals surface area (Å²) in [4.78, 5) is 12.0. The highest BCUT2D eigenvalue weighted by Crippen LogP contribution is 2.15. The molecule has 0 radical (unpaired) electrons. The predicted octanol–water partition coefficient (Wildman–Crippen LogP) is 4.68. The molecule has 0 amide bonds. The Bertz CT molecular complexity index is 650. The van der Waals surface area contributed by atoms with Crippen molar-refractivity contribution < 1.29 is 9.18 Å². The minimum atomic E-state index is -0.362. The number of rotatable bonds is 4. The normalized spacial score (nSPS) is 11.2. The molecular formula is C16H13ClFNO. The fourth-order valence-corrected chi connectivity index (χ4v) is 1.83. The summed E-state index contributed by atoms with van der Waals surface area (Å²) in [5.41, 5.74) is 1.43. The number of halogens is 2. The Hall–Kier alpha value is -2.13. The van der Waals surface area contributed by atoms with E-state index in [9.17, 15) is 9.18 Å². The van der Waals surface area contributed by atoms with Gasteiger partial charge in [0, 0.05) is 22.4 Å². The molecule has 2 aromatic rings. The third kappa shape index (κ3) is 3.68. The van der Waals surface area contributed by atoms with Gasteiger partial charge in [0.15, 0.2) is 5.78 Å². The molecule has 4 heteroatoms. The zero-order chi connectivity index (χ0) is 14.5. The summed E-state index contributed by atoms with van der Waals surface area (Å²) in [7, 11) is 0. The third-order valence-electron chi connectivity index (χ3n) is 2.68. The number of benzene rings is 2. The van der Waals surface area contributed by atoms with Crippen molar-refractivity contribution in [3.05, 3.63) is 76.7 Å². The summed E-state index contributed by atoms with van der Waals surface area (Å²) < 4.78 is 13.5. The number of carbonyl (C=O) groups is 1. The average Bonchev–Trinajstić information content (AvgIpc) is 2.42. The molecule has 2 nitrogen and oxygen atoms in total. The van der Waals surface area contributed by atoms with Crippen LogP contribution in [0.3, 0.4) is 0 Å². The quantitative estimate of drug-likeness (QED) is 0.654. The molecule has 0 aliphatic rings.